The van der Waals surface area contributed by atoms with Crippen molar-refractivity contribution in [2.45, 2.75) is 25.7 Å². The van der Waals surface area contributed by atoms with E-state index in [0.29, 0.717) is 41.8 Å². The number of thiocarbonyl (C=S) groups is 1. The number of carbonyl (C=O) groups is 1. The molecule has 0 radical (unpaired) electrons. The Hall–Kier alpha value is -1.32. The molecule has 1 aliphatic rings. The van der Waals surface area contributed by atoms with Crippen molar-refractivity contribution in [3.8, 4) is 5.75 Å². The zero-order chi connectivity index (χ0) is 19.3. The van der Waals surface area contributed by atoms with E-state index in [1.807, 2.05) is 13.0 Å². The lowest BCUT2D eigenvalue weighted by Gasteiger charge is -2.17. The zero-order valence-corrected chi connectivity index (χ0v) is 17.5. The maximum absolute atomic E-state index is 12.1. The van der Waals surface area contributed by atoms with Gasteiger partial charge in [0, 0.05) is 18.9 Å². The Bertz CT molecular complexity index is 779. The van der Waals surface area contributed by atoms with E-state index in [4.69, 9.17) is 21.7 Å². The molecule has 0 saturated carbocycles. The topological polar surface area (TPSA) is 72.9 Å². The fourth-order valence-corrected chi connectivity index (χ4v) is 4.77. The molecule has 0 aliphatic carbocycles. The number of carbonyl (C=O) groups excluding carboxylic acids is 1. The number of anilines is 1. The third kappa shape index (κ3) is 5.34. The molecule has 0 amide bonds. The van der Waals surface area contributed by atoms with Crippen LogP contribution in [0.25, 0.3) is 0 Å². The lowest BCUT2D eigenvalue weighted by molar-refractivity contribution is -0.116. The van der Waals surface area contributed by atoms with Gasteiger partial charge in [-0.15, -0.1) is 0 Å². The molecule has 0 fully saturated rings. The van der Waals surface area contributed by atoms with Crippen molar-refractivity contribution in [1.82, 2.24) is 0 Å². The molecule has 2 rings (SSSR count). The number of benzene rings is 1. The van der Waals surface area contributed by atoms with E-state index in [-0.39, 0.29) is 17.5 Å². The van der Waals surface area contributed by atoms with Gasteiger partial charge in [-0.05, 0) is 49.3 Å². The van der Waals surface area contributed by atoms with Crippen molar-refractivity contribution in [1.29, 1.82) is 0 Å². The van der Waals surface area contributed by atoms with Crippen LogP contribution >= 0.6 is 24.0 Å². The highest BCUT2D eigenvalue weighted by molar-refractivity contribution is 8.23. The third-order valence-corrected chi connectivity index (χ3v) is 6.55. The monoisotopic (exact) mass is 417 g/mol. The second-order valence-corrected chi connectivity index (χ2v) is 9.45. The van der Waals surface area contributed by atoms with Crippen LogP contribution in [0.5, 0.6) is 5.75 Å². The van der Waals surface area contributed by atoms with Gasteiger partial charge in [0.1, 0.15) is 11.5 Å². The van der Waals surface area contributed by atoms with Gasteiger partial charge in [0.25, 0.3) is 0 Å². The quantitative estimate of drug-likeness (QED) is 0.602. The standard InChI is InChI=1S/C17H23NO5S3/c1-4-23-17(24)25-11-13(19)6-5-12-10-18(26(3,20)21)16-8-7-14(22-2)9-15(12)16/h7-9,12H,4-6,10-11H2,1-3H3. The maximum Gasteiger partial charge on any atom is 0.232 e. The molecule has 9 heteroatoms. The lowest BCUT2D eigenvalue weighted by atomic mass is 9.95. The van der Waals surface area contributed by atoms with Crippen LogP contribution in [-0.2, 0) is 19.6 Å². The van der Waals surface area contributed by atoms with E-state index >= 15 is 0 Å². The molecule has 1 aromatic carbocycles. The molecule has 1 aliphatic heterocycles. The molecule has 0 bridgehead atoms. The average Bonchev–Trinajstić information content (AvgIpc) is 2.96. The van der Waals surface area contributed by atoms with E-state index in [0.717, 1.165) is 5.56 Å². The number of fused-ring (bicyclic) bond motifs is 1. The fourth-order valence-electron chi connectivity index (χ4n) is 2.88. The van der Waals surface area contributed by atoms with Crippen LogP contribution in [0.2, 0.25) is 0 Å². The first-order valence-electron chi connectivity index (χ1n) is 8.23. The molecule has 1 unspecified atom stereocenters. The normalized spacial score (nSPS) is 16.3. The minimum Gasteiger partial charge on any atom is -0.497 e. The molecule has 26 heavy (non-hydrogen) atoms. The van der Waals surface area contributed by atoms with Crippen LogP contribution in [0.15, 0.2) is 18.2 Å². The molecule has 144 valence electrons. The van der Waals surface area contributed by atoms with Crippen molar-refractivity contribution in [2.24, 2.45) is 0 Å². The second kappa shape index (κ2) is 9.05. The highest BCUT2D eigenvalue weighted by atomic mass is 32.2. The number of thioether (sulfide) groups is 1. The number of sulfonamides is 1. The third-order valence-electron chi connectivity index (χ3n) is 4.11. The minimum absolute atomic E-state index is 0.0392. The van der Waals surface area contributed by atoms with Gasteiger partial charge >= 0.3 is 0 Å². The predicted molar refractivity (Wildman–Crippen MR) is 109 cm³/mol. The van der Waals surface area contributed by atoms with E-state index in [1.54, 1.807) is 19.2 Å². The van der Waals surface area contributed by atoms with E-state index in [2.05, 4.69) is 0 Å². The van der Waals surface area contributed by atoms with Crippen molar-refractivity contribution < 1.29 is 22.7 Å². The first-order valence-corrected chi connectivity index (χ1v) is 11.5. The number of methoxy groups -OCH3 is 1. The van der Waals surface area contributed by atoms with E-state index in [9.17, 15) is 13.2 Å². The summed E-state index contributed by atoms with van der Waals surface area (Å²) < 4.78 is 36.3. The molecule has 0 spiro atoms. The Kier molecular flexibility index (Phi) is 7.31. The van der Waals surface area contributed by atoms with Crippen molar-refractivity contribution in [3.05, 3.63) is 23.8 Å². The van der Waals surface area contributed by atoms with Gasteiger partial charge in [-0.2, -0.15) is 0 Å². The molecular weight excluding hydrogens is 394 g/mol. The van der Waals surface area contributed by atoms with Gasteiger partial charge in [-0.3, -0.25) is 9.10 Å². The predicted octanol–water partition coefficient (Wildman–Crippen LogP) is 2.96. The van der Waals surface area contributed by atoms with Crippen LogP contribution in [0.4, 0.5) is 5.69 Å². The summed E-state index contributed by atoms with van der Waals surface area (Å²) in [7, 11) is -1.79. The van der Waals surface area contributed by atoms with E-state index in [1.165, 1.54) is 22.3 Å². The van der Waals surface area contributed by atoms with Gasteiger partial charge in [-0.25, -0.2) is 8.42 Å². The summed E-state index contributed by atoms with van der Waals surface area (Å²) in [5.41, 5.74) is 1.57. The van der Waals surface area contributed by atoms with E-state index < -0.39 is 10.0 Å². The Labute approximate surface area is 164 Å². The van der Waals surface area contributed by atoms with Crippen molar-refractivity contribution >= 4 is 49.9 Å². The molecule has 6 nitrogen and oxygen atoms in total. The van der Waals surface area contributed by atoms with Gasteiger partial charge in [-0.1, -0.05) is 11.8 Å². The first-order chi connectivity index (χ1) is 12.3. The van der Waals surface area contributed by atoms with Crippen LogP contribution in [0, 0.1) is 0 Å². The molecule has 0 saturated heterocycles. The fraction of sp³-hybridized carbons (Fsp3) is 0.529. The highest BCUT2D eigenvalue weighted by Gasteiger charge is 2.34. The summed E-state index contributed by atoms with van der Waals surface area (Å²) in [5, 5.41) is 0. The Morgan fingerprint density at radius 1 is 1.42 bits per heavy atom. The molecular formula is C17H23NO5S3. The van der Waals surface area contributed by atoms with Crippen molar-refractivity contribution in [2.75, 3.05) is 36.6 Å². The summed E-state index contributed by atoms with van der Waals surface area (Å²) in [4.78, 5) is 12.1. The van der Waals surface area contributed by atoms with Gasteiger partial charge < -0.3 is 9.47 Å². The number of hydrogen-bond donors (Lipinski definition) is 0. The summed E-state index contributed by atoms with van der Waals surface area (Å²) in [6.07, 6.45) is 2.13. The average molecular weight is 418 g/mol. The largest absolute Gasteiger partial charge is 0.497 e. The SMILES string of the molecule is CCOC(=S)SCC(=O)CCC1CN(S(C)(=O)=O)c2ccc(OC)cc21. The molecule has 1 atom stereocenters. The number of nitrogens with zero attached hydrogens (tertiary/aromatic N) is 1. The van der Waals surface area contributed by atoms with Crippen LogP contribution in [0.3, 0.4) is 0 Å². The first kappa shape index (κ1) is 21.0. The summed E-state index contributed by atoms with van der Waals surface area (Å²) in [6.45, 7) is 2.68. The Balaban J connectivity index is 2.04. The number of ketones is 1. The van der Waals surface area contributed by atoms with Crippen LogP contribution in [-0.4, -0.2) is 50.9 Å². The molecule has 1 aromatic rings. The highest BCUT2D eigenvalue weighted by Crippen LogP contribution is 2.41. The van der Waals surface area contributed by atoms with Crippen LogP contribution < -0.4 is 9.04 Å². The Morgan fingerprint density at radius 3 is 2.77 bits per heavy atom. The van der Waals surface area contributed by atoms with Gasteiger partial charge in [0.2, 0.25) is 14.4 Å². The minimum atomic E-state index is -3.36. The molecule has 0 N–H and O–H groups in total. The smallest absolute Gasteiger partial charge is 0.232 e. The second-order valence-electron chi connectivity index (χ2n) is 5.96. The van der Waals surface area contributed by atoms with Gasteiger partial charge in [0.15, 0.2) is 0 Å². The number of Topliss-reactive ketones (excluding diaryl/α,β-unsaturated/α-hetero) is 1. The van der Waals surface area contributed by atoms with Crippen molar-refractivity contribution in [3.63, 3.8) is 0 Å². The van der Waals surface area contributed by atoms with Crippen LogP contribution in [0.1, 0.15) is 31.2 Å². The maximum atomic E-state index is 12.1. The Morgan fingerprint density at radius 2 is 2.15 bits per heavy atom. The number of ether oxygens (including phenoxy) is 2. The lowest BCUT2D eigenvalue weighted by Crippen LogP contribution is -2.28. The zero-order valence-electron chi connectivity index (χ0n) is 15.1. The molecule has 0 aromatic heterocycles. The number of rotatable bonds is 8. The van der Waals surface area contributed by atoms with Gasteiger partial charge in [0.05, 0.1) is 31.4 Å². The molecule has 1 heterocycles. The summed E-state index contributed by atoms with van der Waals surface area (Å²) in [5.74, 6) is 0.974. The summed E-state index contributed by atoms with van der Waals surface area (Å²) >= 11 is 6.22. The number of hydrogen-bond acceptors (Lipinski definition) is 7. The summed E-state index contributed by atoms with van der Waals surface area (Å²) in [6, 6.07) is 5.36.